The summed E-state index contributed by atoms with van der Waals surface area (Å²) in [6.07, 6.45) is 0.328. The molecule has 0 saturated heterocycles. The molecule has 0 aliphatic heterocycles. The van der Waals surface area contributed by atoms with Crippen molar-refractivity contribution in [2.45, 2.75) is 57.8 Å². The molecule has 9 heteroatoms. The molecular formula is C29H41NO8. The molecule has 0 spiro atoms. The Morgan fingerprint density at radius 2 is 1.08 bits per heavy atom. The molecule has 2 aromatic rings. The van der Waals surface area contributed by atoms with E-state index in [1.807, 2.05) is 67.3 Å². The van der Waals surface area contributed by atoms with Crippen molar-refractivity contribution in [2.24, 2.45) is 0 Å². The average Bonchev–Trinajstić information content (AvgIpc) is 2.92. The number of carbonyl (C=O) groups excluding carboxylic acids is 2. The van der Waals surface area contributed by atoms with Gasteiger partial charge in [-0.1, -0.05) is 24.3 Å². The van der Waals surface area contributed by atoms with Crippen molar-refractivity contribution in [1.29, 1.82) is 0 Å². The molecule has 2 aromatic carbocycles. The third kappa shape index (κ3) is 11.9. The number of nitrogens with zero attached hydrogens (tertiary/aromatic N) is 1. The van der Waals surface area contributed by atoms with Gasteiger partial charge in [0, 0.05) is 32.0 Å². The highest BCUT2D eigenvalue weighted by atomic mass is 16.5. The van der Waals surface area contributed by atoms with Gasteiger partial charge in [0.2, 0.25) is 0 Å². The second-order valence-electron chi connectivity index (χ2n) is 9.42. The van der Waals surface area contributed by atoms with E-state index in [0.29, 0.717) is 50.3 Å². The fraction of sp³-hybridized carbons (Fsp3) is 0.517. The fourth-order valence-electron chi connectivity index (χ4n) is 3.73. The standard InChI is InChI=1S/C29H41NO8/c1-21(2)30(17-24(31)19-37-26-11-5-22(6-12-26)9-15-28(33)35-3)18-25(32)20-38-27-13-7-23(8-14-27)10-16-29(34)36-4/h5-8,11-14,21,24-25,31-32H,9-10,15-20H2,1-4H3. The number of aryl methyl sites for hydroxylation is 2. The van der Waals surface area contributed by atoms with Crippen LogP contribution in [0.15, 0.2) is 48.5 Å². The van der Waals surface area contributed by atoms with E-state index < -0.39 is 12.2 Å². The molecule has 0 amide bonds. The molecule has 0 aliphatic carbocycles. The molecule has 2 N–H and O–H groups in total. The lowest BCUT2D eigenvalue weighted by Gasteiger charge is -2.30. The number of methoxy groups -OCH3 is 2. The Kier molecular flexibility index (Phi) is 13.6. The fourth-order valence-corrected chi connectivity index (χ4v) is 3.73. The zero-order chi connectivity index (χ0) is 27.9. The van der Waals surface area contributed by atoms with Crippen LogP contribution in [0, 0.1) is 0 Å². The predicted octanol–water partition coefficient (Wildman–Crippen LogP) is 2.79. The second kappa shape index (κ2) is 16.7. The number of ether oxygens (including phenoxy) is 4. The number of benzene rings is 2. The Balaban J connectivity index is 1.74. The van der Waals surface area contributed by atoms with Crippen LogP contribution < -0.4 is 9.47 Å². The van der Waals surface area contributed by atoms with Crippen LogP contribution in [0.25, 0.3) is 0 Å². The van der Waals surface area contributed by atoms with Crippen molar-refractivity contribution >= 4 is 11.9 Å². The monoisotopic (exact) mass is 531 g/mol. The highest BCUT2D eigenvalue weighted by Crippen LogP contribution is 2.16. The first kappa shape index (κ1) is 31.1. The lowest BCUT2D eigenvalue weighted by atomic mass is 10.1. The van der Waals surface area contributed by atoms with Gasteiger partial charge < -0.3 is 29.2 Å². The van der Waals surface area contributed by atoms with Gasteiger partial charge in [-0.2, -0.15) is 0 Å². The quantitative estimate of drug-likeness (QED) is 0.297. The normalized spacial score (nSPS) is 12.7. The van der Waals surface area contributed by atoms with Crippen LogP contribution in [-0.4, -0.2) is 85.8 Å². The topological polar surface area (TPSA) is 115 Å². The summed E-state index contributed by atoms with van der Waals surface area (Å²) in [7, 11) is 2.75. The zero-order valence-corrected chi connectivity index (χ0v) is 22.8. The highest BCUT2D eigenvalue weighted by Gasteiger charge is 2.19. The molecule has 9 nitrogen and oxygen atoms in total. The van der Waals surface area contributed by atoms with E-state index in [9.17, 15) is 19.8 Å². The van der Waals surface area contributed by atoms with Crippen LogP contribution in [0.4, 0.5) is 0 Å². The third-order valence-corrected chi connectivity index (χ3v) is 6.04. The maximum absolute atomic E-state index is 11.3. The van der Waals surface area contributed by atoms with Crippen molar-refractivity contribution in [3.63, 3.8) is 0 Å². The van der Waals surface area contributed by atoms with Gasteiger partial charge in [0.25, 0.3) is 0 Å². The number of esters is 2. The SMILES string of the molecule is COC(=O)CCc1ccc(OCC(O)CN(CC(O)COc2ccc(CCC(=O)OC)cc2)C(C)C)cc1. The van der Waals surface area contributed by atoms with Crippen LogP contribution in [0.5, 0.6) is 11.5 Å². The van der Waals surface area contributed by atoms with Crippen molar-refractivity contribution in [3.8, 4) is 11.5 Å². The molecule has 0 fully saturated rings. The zero-order valence-electron chi connectivity index (χ0n) is 22.8. The molecule has 0 saturated carbocycles. The summed E-state index contributed by atoms with van der Waals surface area (Å²) in [6.45, 7) is 4.89. The second-order valence-corrected chi connectivity index (χ2v) is 9.42. The minimum Gasteiger partial charge on any atom is -0.491 e. The first-order valence-corrected chi connectivity index (χ1v) is 12.9. The number of rotatable bonds is 17. The molecule has 38 heavy (non-hydrogen) atoms. The molecular weight excluding hydrogens is 490 g/mol. The number of hydrogen-bond acceptors (Lipinski definition) is 9. The number of hydrogen-bond donors (Lipinski definition) is 2. The molecule has 2 rings (SSSR count). The summed E-state index contributed by atoms with van der Waals surface area (Å²) in [5.74, 6) is 0.767. The van der Waals surface area contributed by atoms with Crippen molar-refractivity contribution in [1.82, 2.24) is 4.90 Å². The molecule has 0 aromatic heterocycles. The first-order chi connectivity index (χ1) is 18.2. The third-order valence-electron chi connectivity index (χ3n) is 6.04. The van der Waals surface area contributed by atoms with Gasteiger partial charge in [-0.15, -0.1) is 0 Å². The van der Waals surface area contributed by atoms with Crippen molar-refractivity contribution < 1.29 is 38.7 Å². The van der Waals surface area contributed by atoms with E-state index in [-0.39, 0.29) is 31.2 Å². The average molecular weight is 532 g/mol. The van der Waals surface area contributed by atoms with Crippen LogP contribution >= 0.6 is 0 Å². The summed E-state index contributed by atoms with van der Waals surface area (Å²) in [6, 6.07) is 14.9. The number of carbonyl (C=O) groups is 2. The molecule has 2 unspecified atom stereocenters. The molecule has 2 atom stereocenters. The Hall–Kier alpha value is -3.14. The largest absolute Gasteiger partial charge is 0.491 e. The van der Waals surface area contributed by atoms with E-state index in [0.717, 1.165) is 11.1 Å². The Labute approximate surface area is 225 Å². The maximum atomic E-state index is 11.3. The van der Waals surface area contributed by atoms with Crippen molar-refractivity contribution in [3.05, 3.63) is 59.7 Å². The molecule has 0 radical (unpaired) electrons. The van der Waals surface area contributed by atoms with Gasteiger partial charge in [-0.05, 0) is 62.1 Å². The molecule has 210 valence electrons. The molecule has 0 aliphatic rings. The minimum atomic E-state index is -0.748. The van der Waals surface area contributed by atoms with Crippen molar-refractivity contribution in [2.75, 3.05) is 40.5 Å². The number of aliphatic hydroxyl groups is 2. The summed E-state index contributed by atoms with van der Waals surface area (Å²) >= 11 is 0. The van der Waals surface area contributed by atoms with E-state index in [2.05, 4.69) is 9.47 Å². The maximum Gasteiger partial charge on any atom is 0.305 e. The summed E-state index contributed by atoms with van der Waals surface area (Å²) < 4.78 is 20.8. The van der Waals surface area contributed by atoms with Gasteiger partial charge in [0.05, 0.1) is 14.2 Å². The van der Waals surface area contributed by atoms with Gasteiger partial charge in [0.15, 0.2) is 0 Å². The number of aliphatic hydroxyl groups excluding tert-OH is 2. The predicted molar refractivity (Wildman–Crippen MR) is 143 cm³/mol. The van der Waals surface area contributed by atoms with Crippen LogP contribution in [-0.2, 0) is 31.9 Å². The Bertz CT molecular complexity index is 886. The smallest absolute Gasteiger partial charge is 0.305 e. The highest BCUT2D eigenvalue weighted by molar-refractivity contribution is 5.69. The van der Waals surface area contributed by atoms with E-state index in [1.165, 1.54) is 14.2 Å². The lowest BCUT2D eigenvalue weighted by molar-refractivity contribution is -0.141. The first-order valence-electron chi connectivity index (χ1n) is 12.9. The summed E-state index contributed by atoms with van der Waals surface area (Å²) in [5.41, 5.74) is 2.00. The van der Waals surface area contributed by atoms with E-state index in [4.69, 9.17) is 9.47 Å². The minimum absolute atomic E-state index is 0.0995. The van der Waals surface area contributed by atoms with Gasteiger partial charge in [0.1, 0.15) is 36.9 Å². The Morgan fingerprint density at radius 3 is 1.39 bits per heavy atom. The molecule has 0 heterocycles. The van der Waals surface area contributed by atoms with Gasteiger partial charge >= 0.3 is 11.9 Å². The van der Waals surface area contributed by atoms with Crippen LogP contribution in [0.2, 0.25) is 0 Å². The van der Waals surface area contributed by atoms with Crippen LogP contribution in [0.1, 0.15) is 37.8 Å². The lowest BCUT2D eigenvalue weighted by Crippen LogP contribution is -2.45. The van der Waals surface area contributed by atoms with Crippen LogP contribution in [0.3, 0.4) is 0 Å². The summed E-state index contributed by atoms with van der Waals surface area (Å²) in [4.78, 5) is 24.5. The molecule has 0 bridgehead atoms. The van der Waals surface area contributed by atoms with E-state index in [1.54, 1.807) is 0 Å². The Morgan fingerprint density at radius 1 is 0.711 bits per heavy atom. The van der Waals surface area contributed by atoms with E-state index >= 15 is 0 Å². The van der Waals surface area contributed by atoms with Gasteiger partial charge in [-0.3, -0.25) is 14.5 Å². The van der Waals surface area contributed by atoms with Gasteiger partial charge in [-0.25, -0.2) is 0 Å². The summed E-state index contributed by atoms with van der Waals surface area (Å²) in [5, 5.41) is 21.1.